The number of hydrogen-bond donors (Lipinski definition) is 1. The largest absolute Gasteiger partial charge is 0.379 e. The minimum atomic E-state index is -0.0858. The van der Waals surface area contributed by atoms with Gasteiger partial charge in [0.05, 0.1) is 5.52 Å². The normalized spacial score (nSPS) is 17.1. The topological polar surface area (TPSA) is 42.0 Å². The van der Waals surface area contributed by atoms with E-state index >= 15 is 0 Å². The van der Waals surface area contributed by atoms with E-state index in [1.807, 2.05) is 42.5 Å². The zero-order valence-electron chi connectivity index (χ0n) is 14.4. The summed E-state index contributed by atoms with van der Waals surface area (Å²) in [6.45, 7) is 4.31. The number of carbonyl (C=O) groups excluding carboxylic acids is 1. The molecule has 0 saturated heterocycles. The van der Waals surface area contributed by atoms with Crippen LogP contribution in [-0.4, -0.2) is 16.3 Å². The molecule has 0 amide bonds. The monoisotopic (exact) mass is 328 g/mol. The highest BCUT2D eigenvalue weighted by Gasteiger charge is 2.27. The average Bonchev–Trinajstić information content (AvgIpc) is 2.60. The van der Waals surface area contributed by atoms with Gasteiger partial charge in [0, 0.05) is 40.0 Å². The second kappa shape index (κ2) is 5.85. The fourth-order valence-electron chi connectivity index (χ4n) is 3.52. The molecule has 0 saturated carbocycles. The molecule has 1 aliphatic heterocycles. The van der Waals surface area contributed by atoms with Crippen LogP contribution >= 0.6 is 0 Å². The lowest BCUT2D eigenvalue weighted by Crippen LogP contribution is -2.43. The molecule has 2 heterocycles. The smallest absolute Gasteiger partial charge is 0.190 e. The van der Waals surface area contributed by atoms with Gasteiger partial charge in [0.15, 0.2) is 5.78 Å². The molecule has 0 radical (unpaired) electrons. The molecule has 0 atom stereocenters. The summed E-state index contributed by atoms with van der Waals surface area (Å²) in [6.07, 6.45) is 4.37. The number of fused-ring (bicyclic) bond motifs is 2. The first-order chi connectivity index (χ1) is 12.0. The zero-order chi connectivity index (χ0) is 17.4. The van der Waals surface area contributed by atoms with Crippen LogP contribution in [0.15, 0.2) is 66.9 Å². The molecule has 1 N–H and O–H groups in total. The van der Waals surface area contributed by atoms with Gasteiger partial charge >= 0.3 is 0 Å². The van der Waals surface area contributed by atoms with Crippen molar-refractivity contribution in [2.45, 2.75) is 25.8 Å². The maximum absolute atomic E-state index is 13.0. The van der Waals surface area contributed by atoms with Gasteiger partial charge in [0.25, 0.3) is 0 Å². The number of rotatable bonds is 2. The Labute approximate surface area is 147 Å². The highest BCUT2D eigenvalue weighted by atomic mass is 16.1. The van der Waals surface area contributed by atoms with Crippen LogP contribution in [0, 0.1) is 0 Å². The lowest BCUT2D eigenvalue weighted by atomic mass is 9.85. The van der Waals surface area contributed by atoms with Crippen molar-refractivity contribution in [3.05, 3.63) is 83.6 Å². The molecule has 0 spiro atoms. The Morgan fingerprint density at radius 3 is 2.76 bits per heavy atom. The second-order valence-electron chi connectivity index (χ2n) is 7.15. The molecule has 4 rings (SSSR count). The quantitative estimate of drug-likeness (QED) is 0.560. The van der Waals surface area contributed by atoms with Crippen molar-refractivity contribution in [3.8, 4) is 0 Å². The summed E-state index contributed by atoms with van der Waals surface area (Å²) in [4.78, 5) is 17.4. The third kappa shape index (κ3) is 2.93. The Morgan fingerprint density at radius 1 is 1.08 bits per heavy atom. The molecule has 1 aromatic heterocycles. The van der Waals surface area contributed by atoms with Crippen LogP contribution in [0.4, 0.5) is 0 Å². The number of carbonyl (C=O) groups is 1. The number of nitrogens with zero attached hydrogens (tertiary/aromatic N) is 1. The van der Waals surface area contributed by atoms with Crippen molar-refractivity contribution in [1.29, 1.82) is 0 Å². The molecule has 1 aliphatic rings. The molecule has 25 heavy (non-hydrogen) atoms. The van der Waals surface area contributed by atoms with Gasteiger partial charge in [-0.05, 0) is 38.0 Å². The number of para-hydroxylation sites is 1. The summed E-state index contributed by atoms with van der Waals surface area (Å²) < 4.78 is 0. The molecule has 124 valence electrons. The molecule has 2 aromatic carbocycles. The van der Waals surface area contributed by atoms with Crippen LogP contribution in [0.5, 0.6) is 0 Å². The van der Waals surface area contributed by atoms with E-state index in [1.165, 1.54) is 5.56 Å². The van der Waals surface area contributed by atoms with Crippen molar-refractivity contribution >= 4 is 22.4 Å². The van der Waals surface area contributed by atoms with Crippen LogP contribution < -0.4 is 5.32 Å². The summed E-state index contributed by atoms with van der Waals surface area (Å²) in [5.41, 5.74) is 4.54. The van der Waals surface area contributed by atoms with E-state index in [0.29, 0.717) is 5.56 Å². The lowest BCUT2D eigenvalue weighted by molar-refractivity contribution is 0.104. The van der Waals surface area contributed by atoms with E-state index in [2.05, 4.69) is 36.3 Å². The number of nitrogens with one attached hydrogen (secondary N) is 1. The minimum absolute atomic E-state index is 0.0284. The predicted molar refractivity (Wildman–Crippen MR) is 101 cm³/mol. The Kier molecular flexibility index (Phi) is 3.65. The first kappa shape index (κ1) is 15.6. The van der Waals surface area contributed by atoms with E-state index < -0.39 is 0 Å². The van der Waals surface area contributed by atoms with E-state index in [-0.39, 0.29) is 11.3 Å². The molecule has 3 nitrogen and oxygen atoms in total. The third-order valence-electron chi connectivity index (χ3n) is 4.59. The molecule has 0 unspecified atom stereocenters. The zero-order valence-corrected chi connectivity index (χ0v) is 14.4. The van der Waals surface area contributed by atoms with Crippen LogP contribution in [-0.2, 0) is 6.42 Å². The second-order valence-corrected chi connectivity index (χ2v) is 7.15. The van der Waals surface area contributed by atoms with Gasteiger partial charge in [-0.15, -0.1) is 0 Å². The van der Waals surface area contributed by atoms with Gasteiger partial charge in [0.1, 0.15) is 0 Å². The van der Waals surface area contributed by atoms with E-state index in [0.717, 1.165) is 28.6 Å². The number of hydrogen-bond acceptors (Lipinski definition) is 3. The Balaban J connectivity index is 1.81. The van der Waals surface area contributed by atoms with Crippen molar-refractivity contribution < 1.29 is 4.79 Å². The molecule has 0 fully saturated rings. The van der Waals surface area contributed by atoms with Crippen molar-refractivity contribution in [3.63, 3.8) is 0 Å². The van der Waals surface area contributed by atoms with Crippen LogP contribution in [0.1, 0.15) is 35.3 Å². The summed E-state index contributed by atoms with van der Waals surface area (Å²) in [5.74, 6) is -0.0284. The molecular formula is C22H20N2O. The molecule has 0 aliphatic carbocycles. The summed E-state index contributed by atoms with van der Waals surface area (Å²) in [7, 11) is 0. The fourth-order valence-corrected chi connectivity index (χ4v) is 3.52. The van der Waals surface area contributed by atoms with Gasteiger partial charge in [-0.3, -0.25) is 9.78 Å². The van der Waals surface area contributed by atoms with E-state index in [9.17, 15) is 4.79 Å². The lowest BCUT2D eigenvalue weighted by Gasteiger charge is -2.35. The first-order valence-electron chi connectivity index (χ1n) is 8.50. The van der Waals surface area contributed by atoms with Crippen LogP contribution in [0.25, 0.3) is 16.6 Å². The van der Waals surface area contributed by atoms with Gasteiger partial charge in [-0.1, -0.05) is 42.5 Å². The molecule has 0 bridgehead atoms. The van der Waals surface area contributed by atoms with Crippen molar-refractivity contribution in [1.82, 2.24) is 10.3 Å². The van der Waals surface area contributed by atoms with Gasteiger partial charge in [-0.25, -0.2) is 0 Å². The number of benzene rings is 2. The minimum Gasteiger partial charge on any atom is -0.379 e. The van der Waals surface area contributed by atoms with Gasteiger partial charge in [-0.2, -0.15) is 0 Å². The highest BCUT2D eigenvalue weighted by Crippen LogP contribution is 2.30. The standard InChI is InChI=1S/C22H20N2O/c1-22(2)14-16-7-3-4-10-17(16)19(24-22)13-20(25)18-11-5-8-15-9-6-12-23-21(15)18/h3-13,24H,14H2,1-2H3/b19-13-. The summed E-state index contributed by atoms with van der Waals surface area (Å²) >= 11 is 0. The molecular weight excluding hydrogens is 308 g/mol. The molecule has 3 aromatic rings. The molecule has 3 heteroatoms. The Hall–Kier alpha value is -2.94. The van der Waals surface area contributed by atoms with Gasteiger partial charge < -0.3 is 5.32 Å². The maximum atomic E-state index is 13.0. The average molecular weight is 328 g/mol. The number of aromatic nitrogens is 1. The van der Waals surface area contributed by atoms with Crippen molar-refractivity contribution in [2.24, 2.45) is 0 Å². The maximum Gasteiger partial charge on any atom is 0.190 e. The third-order valence-corrected chi connectivity index (χ3v) is 4.59. The Morgan fingerprint density at radius 2 is 1.88 bits per heavy atom. The Bertz CT molecular complexity index is 996. The predicted octanol–water partition coefficient (Wildman–Crippen LogP) is 4.38. The first-order valence-corrected chi connectivity index (χ1v) is 8.50. The summed E-state index contributed by atoms with van der Waals surface area (Å²) in [5, 5.41) is 4.49. The number of ketones is 1. The number of allylic oxidation sites excluding steroid dienone is 1. The highest BCUT2D eigenvalue weighted by molar-refractivity contribution is 6.14. The van der Waals surface area contributed by atoms with Gasteiger partial charge in [0.2, 0.25) is 0 Å². The fraction of sp³-hybridized carbons (Fsp3) is 0.182. The van der Waals surface area contributed by atoms with Crippen LogP contribution in [0.2, 0.25) is 0 Å². The van der Waals surface area contributed by atoms with Crippen molar-refractivity contribution in [2.75, 3.05) is 0 Å². The van der Waals surface area contributed by atoms with E-state index in [1.54, 1.807) is 12.3 Å². The van der Waals surface area contributed by atoms with E-state index in [4.69, 9.17) is 0 Å². The van der Waals surface area contributed by atoms with Crippen LogP contribution in [0.3, 0.4) is 0 Å². The summed E-state index contributed by atoms with van der Waals surface area (Å²) in [6, 6.07) is 17.8. The SMILES string of the molecule is CC1(C)Cc2ccccc2/C(=C/C(=O)c2cccc3cccnc23)N1. The number of pyridine rings is 1.